The Hall–Kier alpha value is -3.52. The fraction of sp³-hybridized carbons (Fsp3) is 0.304. The van der Waals surface area contributed by atoms with Crippen molar-refractivity contribution in [2.45, 2.75) is 6.92 Å². The molecule has 1 aliphatic heterocycles. The van der Waals surface area contributed by atoms with E-state index in [1.54, 1.807) is 30.3 Å². The van der Waals surface area contributed by atoms with Crippen LogP contribution in [0.25, 0.3) is 5.57 Å². The molecule has 8 nitrogen and oxygen atoms in total. The van der Waals surface area contributed by atoms with Crippen molar-refractivity contribution in [2.75, 3.05) is 46.4 Å². The first-order valence-corrected chi connectivity index (χ1v) is 9.86. The molecule has 0 unspecified atom stereocenters. The molecule has 2 amide bonds. The molecule has 0 saturated carbocycles. The number of benzene rings is 2. The highest BCUT2D eigenvalue weighted by atomic mass is 16.5. The highest BCUT2D eigenvalue weighted by Crippen LogP contribution is 2.36. The number of rotatable bonds is 10. The van der Waals surface area contributed by atoms with E-state index >= 15 is 0 Å². The molecule has 0 radical (unpaired) electrons. The molecule has 0 bridgehead atoms. The summed E-state index contributed by atoms with van der Waals surface area (Å²) in [6, 6.07) is 12.3. The summed E-state index contributed by atoms with van der Waals surface area (Å²) in [6.45, 7) is 2.72. The third kappa shape index (κ3) is 4.49. The number of ether oxygens (including phenoxy) is 4. The second-order valence-corrected chi connectivity index (χ2v) is 6.63. The molecule has 8 heteroatoms. The number of nitrogens with zero attached hydrogens (tertiary/aromatic N) is 1. The van der Waals surface area contributed by atoms with Gasteiger partial charge in [-0.3, -0.25) is 14.5 Å². The minimum absolute atomic E-state index is 0.142. The highest BCUT2D eigenvalue weighted by molar-refractivity contribution is 6.36. The second kappa shape index (κ2) is 9.99. The molecule has 2 aromatic carbocycles. The number of carbonyl (C=O) groups excluding carboxylic acids is 2. The Morgan fingerprint density at radius 3 is 2.32 bits per heavy atom. The lowest BCUT2D eigenvalue weighted by atomic mass is 10.0. The van der Waals surface area contributed by atoms with Crippen LogP contribution < -0.4 is 19.5 Å². The minimum atomic E-state index is -0.432. The van der Waals surface area contributed by atoms with E-state index in [9.17, 15) is 9.59 Å². The Labute approximate surface area is 181 Å². The minimum Gasteiger partial charge on any atom is -0.493 e. The zero-order valence-corrected chi connectivity index (χ0v) is 18.1. The lowest BCUT2D eigenvalue weighted by Crippen LogP contribution is -2.35. The van der Waals surface area contributed by atoms with Crippen LogP contribution >= 0.6 is 0 Å². The van der Waals surface area contributed by atoms with Gasteiger partial charge in [-0.15, -0.1) is 0 Å². The standard InChI is InChI=1S/C23H26N2O6/c1-5-31-17-9-7-6-8-16(17)24-21-20(22(26)25(23(21)27)12-13-28-2)15-10-11-18(29-3)19(14-15)30-4/h6-11,14,24H,5,12-13H2,1-4H3. The van der Waals surface area contributed by atoms with Crippen LogP contribution in [0, 0.1) is 0 Å². The zero-order valence-electron chi connectivity index (χ0n) is 18.1. The van der Waals surface area contributed by atoms with Crippen molar-refractivity contribution in [2.24, 2.45) is 0 Å². The summed E-state index contributed by atoms with van der Waals surface area (Å²) in [4.78, 5) is 27.6. The Bertz CT molecular complexity index is 1000. The van der Waals surface area contributed by atoms with E-state index in [1.807, 2.05) is 19.1 Å². The van der Waals surface area contributed by atoms with Gasteiger partial charge in [-0.25, -0.2) is 0 Å². The van der Waals surface area contributed by atoms with Gasteiger partial charge in [0.25, 0.3) is 11.8 Å². The smallest absolute Gasteiger partial charge is 0.278 e. The lowest BCUT2D eigenvalue weighted by molar-refractivity contribution is -0.137. The average Bonchev–Trinajstić information content (AvgIpc) is 3.02. The molecule has 0 aliphatic carbocycles. The molecule has 1 aliphatic rings. The number of anilines is 1. The van der Waals surface area contributed by atoms with Crippen molar-refractivity contribution in [1.29, 1.82) is 0 Å². The summed E-state index contributed by atoms with van der Waals surface area (Å²) in [5.41, 5.74) is 1.54. The number of carbonyl (C=O) groups is 2. The van der Waals surface area contributed by atoms with Gasteiger partial charge in [0.1, 0.15) is 11.4 Å². The van der Waals surface area contributed by atoms with Crippen molar-refractivity contribution in [1.82, 2.24) is 4.90 Å². The molecule has 164 valence electrons. The maximum Gasteiger partial charge on any atom is 0.278 e. The molecule has 2 aromatic rings. The van der Waals surface area contributed by atoms with Crippen LogP contribution in [0.15, 0.2) is 48.2 Å². The Morgan fingerprint density at radius 1 is 0.903 bits per heavy atom. The van der Waals surface area contributed by atoms with E-state index < -0.39 is 11.8 Å². The second-order valence-electron chi connectivity index (χ2n) is 6.63. The van der Waals surface area contributed by atoms with Gasteiger partial charge in [0.15, 0.2) is 11.5 Å². The van der Waals surface area contributed by atoms with Crippen molar-refractivity contribution in [3.63, 3.8) is 0 Å². The molecule has 0 fully saturated rings. The fourth-order valence-corrected chi connectivity index (χ4v) is 3.32. The SMILES string of the molecule is CCOc1ccccc1NC1=C(c2ccc(OC)c(OC)c2)C(=O)N(CCOC)C1=O. The molecule has 3 rings (SSSR count). The van der Waals surface area contributed by atoms with Crippen molar-refractivity contribution in [3.8, 4) is 17.2 Å². The number of amides is 2. The summed E-state index contributed by atoms with van der Waals surface area (Å²) in [5.74, 6) is 0.719. The van der Waals surface area contributed by atoms with E-state index in [4.69, 9.17) is 18.9 Å². The van der Waals surface area contributed by atoms with Crippen molar-refractivity contribution in [3.05, 3.63) is 53.7 Å². The van der Waals surface area contributed by atoms with Gasteiger partial charge in [0, 0.05) is 7.11 Å². The van der Waals surface area contributed by atoms with Crippen LogP contribution in [0.3, 0.4) is 0 Å². The molecule has 1 heterocycles. The number of para-hydroxylation sites is 2. The number of nitrogens with one attached hydrogen (secondary N) is 1. The number of imide groups is 1. The summed E-state index contributed by atoms with van der Waals surface area (Å²) in [6.07, 6.45) is 0. The van der Waals surface area contributed by atoms with Crippen LogP contribution in [-0.2, 0) is 14.3 Å². The summed E-state index contributed by atoms with van der Waals surface area (Å²) >= 11 is 0. The third-order valence-electron chi connectivity index (χ3n) is 4.81. The molecular formula is C23H26N2O6. The predicted octanol–water partition coefficient (Wildman–Crippen LogP) is 2.94. The Kier molecular flexibility index (Phi) is 7.15. The van der Waals surface area contributed by atoms with Crippen LogP contribution in [-0.4, -0.2) is 57.8 Å². The molecule has 0 saturated heterocycles. The Morgan fingerprint density at radius 2 is 1.65 bits per heavy atom. The first kappa shape index (κ1) is 22.2. The van der Waals surface area contributed by atoms with Crippen LogP contribution in [0.2, 0.25) is 0 Å². The summed E-state index contributed by atoms with van der Waals surface area (Å²) in [7, 11) is 4.57. The Balaban J connectivity index is 2.10. The average molecular weight is 426 g/mol. The first-order valence-electron chi connectivity index (χ1n) is 9.86. The van der Waals surface area contributed by atoms with Crippen LogP contribution in [0.5, 0.6) is 17.2 Å². The van der Waals surface area contributed by atoms with Crippen molar-refractivity contribution < 1.29 is 28.5 Å². The topological polar surface area (TPSA) is 86.3 Å². The number of methoxy groups -OCH3 is 3. The van der Waals surface area contributed by atoms with Crippen LogP contribution in [0.4, 0.5) is 5.69 Å². The molecule has 1 N–H and O–H groups in total. The molecule has 0 atom stereocenters. The van der Waals surface area contributed by atoms with E-state index in [0.717, 1.165) is 0 Å². The highest BCUT2D eigenvalue weighted by Gasteiger charge is 2.39. The summed E-state index contributed by atoms with van der Waals surface area (Å²) < 4.78 is 21.4. The molecular weight excluding hydrogens is 400 g/mol. The van der Waals surface area contributed by atoms with Crippen LogP contribution in [0.1, 0.15) is 12.5 Å². The number of hydrogen-bond donors (Lipinski definition) is 1. The lowest BCUT2D eigenvalue weighted by Gasteiger charge is -2.15. The molecule has 0 aromatic heterocycles. The van der Waals surface area contributed by atoms with Gasteiger partial charge in [0.2, 0.25) is 0 Å². The zero-order chi connectivity index (χ0) is 22.4. The third-order valence-corrected chi connectivity index (χ3v) is 4.81. The maximum absolute atomic E-state index is 13.2. The summed E-state index contributed by atoms with van der Waals surface area (Å²) in [5, 5.41) is 3.13. The van der Waals surface area contributed by atoms with Gasteiger partial charge in [-0.1, -0.05) is 18.2 Å². The van der Waals surface area contributed by atoms with Gasteiger partial charge in [0.05, 0.1) is 45.2 Å². The molecule has 0 spiro atoms. The normalized spacial score (nSPS) is 13.6. The van der Waals surface area contributed by atoms with Gasteiger partial charge < -0.3 is 24.3 Å². The van der Waals surface area contributed by atoms with E-state index in [-0.39, 0.29) is 24.4 Å². The van der Waals surface area contributed by atoms with Gasteiger partial charge >= 0.3 is 0 Å². The van der Waals surface area contributed by atoms with Crippen molar-refractivity contribution >= 4 is 23.1 Å². The first-order chi connectivity index (χ1) is 15.0. The quantitative estimate of drug-likeness (QED) is 0.585. The predicted molar refractivity (Wildman–Crippen MR) is 116 cm³/mol. The maximum atomic E-state index is 13.2. The van der Waals surface area contributed by atoms with E-state index in [1.165, 1.54) is 26.2 Å². The molecule has 31 heavy (non-hydrogen) atoms. The largest absolute Gasteiger partial charge is 0.493 e. The monoisotopic (exact) mass is 426 g/mol. The van der Waals surface area contributed by atoms with E-state index in [0.29, 0.717) is 35.1 Å². The fourth-order valence-electron chi connectivity index (χ4n) is 3.32. The van der Waals surface area contributed by atoms with E-state index in [2.05, 4.69) is 5.32 Å². The number of hydrogen-bond acceptors (Lipinski definition) is 7. The van der Waals surface area contributed by atoms with Gasteiger partial charge in [-0.2, -0.15) is 0 Å². The van der Waals surface area contributed by atoms with Gasteiger partial charge in [-0.05, 0) is 36.8 Å².